The fourth-order valence-electron chi connectivity index (χ4n) is 1.96. The molecule has 0 bridgehead atoms. The van der Waals surface area contributed by atoms with Crippen molar-refractivity contribution in [3.63, 3.8) is 0 Å². The minimum absolute atomic E-state index is 0.0388. The Morgan fingerprint density at radius 2 is 2.05 bits per heavy atom. The third kappa shape index (κ3) is 4.04. The lowest BCUT2D eigenvalue weighted by Gasteiger charge is -2.14. The highest BCUT2D eigenvalue weighted by Gasteiger charge is 2.10. The molecule has 0 atom stereocenters. The summed E-state index contributed by atoms with van der Waals surface area (Å²) >= 11 is 15.4. The summed E-state index contributed by atoms with van der Waals surface area (Å²) in [5, 5.41) is 14.0. The maximum Gasteiger partial charge on any atom is 0.139 e. The average Bonchev–Trinajstić information content (AvgIpc) is 2.44. The number of nitrogens with one attached hydrogen (secondary N) is 1. The second-order valence-corrected chi connectivity index (χ2v) is 6.15. The van der Waals surface area contributed by atoms with Crippen molar-refractivity contribution in [3.05, 3.63) is 56.0 Å². The van der Waals surface area contributed by atoms with Gasteiger partial charge in [-0.15, -0.1) is 0 Å². The Bertz CT molecular complexity index is 650. The number of benzene rings is 2. The smallest absolute Gasteiger partial charge is 0.139 e. The van der Waals surface area contributed by atoms with Crippen LogP contribution in [-0.2, 0) is 17.9 Å². The van der Waals surface area contributed by atoms with E-state index in [-0.39, 0.29) is 10.8 Å². The Labute approximate surface area is 142 Å². The van der Waals surface area contributed by atoms with Crippen LogP contribution in [0.15, 0.2) is 34.8 Å². The molecule has 112 valence electrons. The molecule has 6 heteroatoms. The Hall–Kier alpha value is -0.940. The first-order valence-corrected chi connectivity index (χ1v) is 7.75. The van der Waals surface area contributed by atoms with Gasteiger partial charge < -0.3 is 15.2 Å². The van der Waals surface area contributed by atoms with E-state index in [2.05, 4.69) is 21.2 Å². The van der Waals surface area contributed by atoms with Gasteiger partial charge in [-0.2, -0.15) is 0 Å². The van der Waals surface area contributed by atoms with Crippen molar-refractivity contribution in [2.75, 3.05) is 12.4 Å². The van der Waals surface area contributed by atoms with E-state index in [1.807, 2.05) is 18.2 Å². The van der Waals surface area contributed by atoms with Gasteiger partial charge in [0, 0.05) is 40.0 Å². The number of ether oxygens (including phenoxy) is 1. The topological polar surface area (TPSA) is 41.5 Å². The summed E-state index contributed by atoms with van der Waals surface area (Å²) in [7, 11) is 1.64. The van der Waals surface area contributed by atoms with E-state index in [9.17, 15) is 5.11 Å². The number of hydrogen-bond donors (Lipinski definition) is 2. The average molecular weight is 391 g/mol. The van der Waals surface area contributed by atoms with E-state index in [0.29, 0.717) is 23.7 Å². The number of aromatic hydroxyl groups is 1. The summed E-state index contributed by atoms with van der Waals surface area (Å²) in [5.41, 5.74) is 2.56. The predicted octanol–water partition coefficient (Wildman–Crippen LogP) is 5.22. The van der Waals surface area contributed by atoms with Crippen molar-refractivity contribution in [2.24, 2.45) is 0 Å². The van der Waals surface area contributed by atoms with Crippen LogP contribution in [-0.4, -0.2) is 12.2 Å². The van der Waals surface area contributed by atoms with Gasteiger partial charge in [-0.25, -0.2) is 0 Å². The second kappa shape index (κ2) is 7.36. The summed E-state index contributed by atoms with van der Waals surface area (Å²) in [5.74, 6) is 0.0388. The van der Waals surface area contributed by atoms with Gasteiger partial charge in [-0.3, -0.25) is 0 Å². The molecular formula is C15H14BrCl2NO2. The first-order valence-electron chi connectivity index (χ1n) is 6.20. The lowest BCUT2D eigenvalue weighted by Crippen LogP contribution is -2.04. The highest BCUT2D eigenvalue weighted by Crippen LogP contribution is 2.32. The van der Waals surface area contributed by atoms with Gasteiger partial charge in [0.05, 0.1) is 11.6 Å². The van der Waals surface area contributed by atoms with E-state index in [4.69, 9.17) is 27.9 Å². The van der Waals surface area contributed by atoms with Crippen LogP contribution < -0.4 is 5.32 Å². The van der Waals surface area contributed by atoms with Gasteiger partial charge in [-0.05, 0) is 24.3 Å². The van der Waals surface area contributed by atoms with E-state index in [0.717, 1.165) is 15.7 Å². The molecule has 0 spiro atoms. The number of anilines is 1. The van der Waals surface area contributed by atoms with Crippen LogP contribution in [0.2, 0.25) is 10.0 Å². The fourth-order valence-corrected chi connectivity index (χ4v) is 2.98. The molecule has 2 aromatic rings. The zero-order valence-corrected chi connectivity index (χ0v) is 14.4. The first-order chi connectivity index (χ1) is 10.0. The molecule has 2 rings (SSSR count). The molecule has 0 amide bonds. The Kier molecular flexibility index (Phi) is 5.76. The van der Waals surface area contributed by atoms with Crippen molar-refractivity contribution in [1.29, 1.82) is 0 Å². The normalized spacial score (nSPS) is 10.7. The molecule has 0 unspecified atom stereocenters. The van der Waals surface area contributed by atoms with Gasteiger partial charge >= 0.3 is 0 Å². The van der Waals surface area contributed by atoms with Crippen LogP contribution >= 0.6 is 39.1 Å². The number of phenols is 1. The van der Waals surface area contributed by atoms with Crippen LogP contribution in [0.5, 0.6) is 5.75 Å². The molecule has 2 N–H and O–H groups in total. The van der Waals surface area contributed by atoms with Crippen molar-refractivity contribution in [3.8, 4) is 5.75 Å². The summed E-state index contributed by atoms with van der Waals surface area (Å²) in [6.45, 7) is 0.880. The standard InChI is InChI=1S/C15H14BrCl2NO2/c1-21-8-11-12(16)3-2-4-14(11)19-7-9-5-10(17)6-13(18)15(9)20/h2-6,19-20H,7-8H2,1H3. The molecule has 0 fully saturated rings. The Morgan fingerprint density at radius 3 is 2.76 bits per heavy atom. The van der Waals surface area contributed by atoms with Gasteiger partial charge in [0.25, 0.3) is 0 Å². The van der Waals surface area contributed by atoms with E-state index >= 15 is 0 Å². The number of methoxy groups -OCH3 is 1. The first kappa shape index (κ1) is 16.4. The van der Waals surface area contributed by atoms with Crippen molar-refractivity contribution in [1.82, 2.24) is 0 Å². The minimum Gasteiger partial charge on any atom is -0.506 e. The number of halogens is 3. The highest BCUT2D eigenvalue weighted by molar-refractivity contribution is 9.10. The molecule has 3 nitrogen and oxygen atoms in total. The van der Waals surface area contributed by atoms with Gasteiger partial charge in [0.1, 0.15) is 5.75 Å². The van der Waals surface area contributed by atoms with Crippen molar-refractivity contribution >= 4 is 44.8 Å². The third-order valence-corrected chi connectivity index (χ3v) is 4.23. The maximum absolute atomic E-state index is 9.96. The molecule has 0 aliphatic carbocycles. The Balaban J connectivity index is 2.23. The summed E-state index contributed by atoms with van der Waals surface area (Å²) in [6, 6.07) is 9.02. The van der Waals surface area contributed by atoms with Gasteiger partial charge in [-0.1, -0.05) is 45.2 Å². The molecular weight excluding hydrogens is 377 g/mol. The molecule has 21 heavy (non-hydrogen) atoms. The number of rotatable bonds is 5. The van der Waals surface area contributed by atoms with E-state index in [1.165, 1.54) is 6.07 Å². The predicted molar refractivity (Wildman–Crippen MR) is 90.3 cm³/mol. The van der Waals surface area contributed by atoms with Crippen LogP contribution in [0.4, 0.5) is 5.69 Å². The molecule has 0 aliphatic rings. The van der Waals surface area contributed by atoms with Crippen LogP contribution in [0.3, 0.4) is 0 Å². The molecule has 0 aromatic heterocycles. The Morgan fingerprint density at radius 1 is 1.29 bits per heavy atom. The molecule has 0 saturated carbocycles. The van der Waals surface area contributed by atoms with Gasteiger partial charge in [0.15, 0.2) is 0 Å². The van der Waals surface area contributed by atoms with Crippen LogP contribution in [0.25, 0.3) is 0 Å². The number of hydrogen-bond acceptors (Lipinski definition) is 3. The van der Waals surface area contributed by atoms with E-state index < -0.39 is 0 Å². The SMILES string of the molecule is COCc1c(Br)cccc1NCc1cc(Cl)cc(Cl)c1O. The molecule has 2 aromatic carbocycles. The number of phenolic OH excluding ortho intramolecular Hbond substituents is 1. The second-order valence-electron chi connectivity index (χ2n) is 4.45. The third-order valence-electron chi connectivity index (χ3n) is 2.98. The van der Waals surface area contributed by atoms with E-state index in [1.54, 1.807) is 13.2 Å². The zero-order valence-electron chi connectivity index (χ0n) is 11.3. The van der Waals surface area contributed by atoms with Crippen molar-refractivity contribution in [2.45, 2.75) is 13.2 Å². The molecule has 0 saturated heterocycles. The van der Waals surface area contributed by atoms with Gasteiger partial charge in [0.2, 0.25) is 0 Å². The summed E-state index contributed by atoms with van der Waals surface area (Å²) < 4.78 is 6.16. The maximum atomic E-state index is 9.96. The quantitative estimate of drug-likeness (QED) is 0.735. The van der Waals surface area contributed by atoms with Crippen LogP contribution in [0, 0.1) is 0 Å². The summed E-state index contributed by atoms with van der Waals surface area (Å²) in [4.78, 5) is 0. The minimum atomic E-state index is 0.0388. The van der Waals surface area contributed by atoms with Crippen molar-refractivity contribution < 1.29 is 9.84 Å². The summed E-state index contributed by atoms with van der Waals surface area (Å²) in [6.07, 6.45) is 0. The lowest BCUT2D eigenvalue weighted by molar-refractivity contribution is 0.185. The molecule has 0 radical (unpaired) electrons. The monoisotopic (exact) mass is 389 g/mol. The molecule has 0 heterocycles. The highest BCUT2D eigenvalue weighted by atomic mass is 79.9. The molecule has 0 aliphatic heterocycles. The fraction of sp³-hybridized carbons (Fsp3) is 0.200. The zero-order chi connectivity index (χ0) is 15.4. The largest absolute Gasteiger partial charge is 0.506 e. The van der Waals surface area contributed by atoms with Crippen LogP contribution in [0.1, 0.15) is 11.1 Å². The lowest BCUT2D eigenvalue weighted by atomic mass is 10.1.